The second kappa shape index (κ2) is 7.10. The quantitative estimate of drug-likeness (QED) is 0.608. The van der Waals surface area contributed by atoms with Crippen molar-refractivity contribution in [3.05, 3.63) is 34.4 Å². The lowest BCUT2D eigenvalue weighted by molar-refractivity contribution is -0.161. The molecule has 0 aromatic heterocycles. The fraction of sp³-hybridized carbons (Fsp3) is 0.652. The van der Waals surface area contributed by atoms with Crippen molar-refractivity contribution in [1.29, 1.82) is 0 Å². The standard InChI is InChI=1S/C23H34NO3Si/c1-13-11-14(2)15-9-10-16(20(25)17(15)12-13)19-18(21(26)24-19)23(6,22(3,4)5)27-28(7)8/h11-12,16,18-19H,9-10H2,1-8H3,(H,24,26)/t16-,18-,19-,23-/m1/s1. The van der Waals surface area contributed by atoms with Crippen molar-refractivity contribution in [2.24, 2.45) is 17.3 Å². The van der Waals surface area contributed by atoms with Crippen LogP contribution in [0.1, 0.15) is 61.2 Å². The highest BCUT2D eigenvalue weighted by atomic mass is 28.3. The molecule has 4 atom stereocenters. The minimum atomic E-state index is -1.01. The zero-order chi connectivity index (χ0) is 21.0. The molecule has 1 fully saturated rings. The van der Waals surface area contributed by atoms with Gasteiger partial charge in [-0.2, -0.15) is 0 Å². The Balaban J connectivity index is 1.96. The van der Waals surface area contributed by atoms with E-state index in [0.717, 1.165) is 24.0 Å². The number of carbonyl (C=O) groups is 2. The van der Waals surface area contributed by atoms with Crippen molar-refractivity contribution in [1.82, 2.24) is 5.32 Å². The van der Waals surface area contributed by atoms with Crippen LogP contribution in [0.15, 0.2) is 12.1 Å². The zero-order valence-electron chi connectivity index (χ0n) is 18.5. The van der Waals surface area contributed by atoms with Gasteiger partial charge in [0.05, 0.1) is 17.6 Å². The Kier molecular flexibility index (Phi) is 5.39. The molecule has 1 saturated heterocycles. The van der Waals surface area contributed by atoms with Gasteiger partial charge in [-0.05, 0) is 69.3 Å². The number of β-lactam (4-membered cyclic amide) rings is 1. The molecule has 1 aromatic carbocycles. The molecule has 0 saturated carbocycles. The van der Waals surface area contributed by atoms with Crippen molar-refractivity contribution in [2.75, 3.05) is 0 Å². The molecule has 1 aliphatic carbocycles. The highest BCUT2D eigenvalue weighted by molar-refractivity contribution is 6.48. The molecular formula is C23H34NO3Si. The van der Waals surface area contributed by atoms with Crippen molar-refractivity contribution in [3.8, 4) is 0 Å². The van der Waals surface area contributed by atoms with Crippen LogP contribution in [-0.4, -0.2) is 32.4 Å². The van der Waals surface area contributed by atoms with Gasteiger partial charge in [0.15, 0.2) is 5.78 Å². The molecule has 28 heavy (non-hydrogen) atoms. The number of hydrogen-bond donors (Lipinski definition) is 1. The van der Waals surface area contributed by atoms with Crippen LogP contribution in [0, 0.1) is 31.1 Å². The maximum absolute atomic E-state index is 13.4. The predicted octanol–water partition coefficient (Wildman–Crippen LogP) is 4.24. The number of hydrogen-bond acceptors (Lipinski definition) is 3. The van der Waals surface area contributed by atoms with Crippen molar-refractivity contribution < 1.29 is 14.0 Å². The van der Waals surface area contributed by atoms with Gasteiger partial charge in [0.1, 0.15) is 0 Å². The van der Waals surface area contributed by atoms with E-state index in [4.69, 9.17) is 4.43 Å². The second-order valence-electron chi connectivity index (χ2n) is 10.00. The monoisotopic (exact) mass is 400 g/mol. The summed E-state index contributed by atoms with van der Waals surface area (Å²) in [6.45, 7) is 16.8. The van der Waals surface area contributed by atoms with Crippen molar-refractivity contribution >= 4 is 20.7 Å². The highest BCUT2D eigenvalue weighted by Gasteiger charge is 2.60. The topological polar surface area (TPSA) is 55.4 Å². The third-order valence-electron chi connectivity index (χ3n) is 6.81. The van der Waals surface area contributed by atoms with Gasteiger partial charge in [0.2, 0.25) is 14.9 Å². The molecule has 1 radical (unpaired) electrons. The van der Waals surface area contributed by atoms with E-state index in [1.54, 1.807) is 0 Å². The zero-order valence-corrected chi connectivity index (χ0v) is 19.5. The van der Waals surface area contributed by atoms with E-state index in [9.17, 15) is 9.59 Å². The predicted molar refractivity (Wildman–Crippen MR) is 114 cm³/mol. The molecule has 153 valence electrons. The normalized spacial score (nSPS) is 27.1. The smallest absolute Gasteiger partial charge is 0.228 e. The molecule has 5 heteroatoms. The largest absolute Gasteiger partial charge is 0.411 e. The van der Waals surface area contributed by atoms with Crippen LogP contribution in [0.4, 0.5) is 0 Å². The number of fused-ring (bicyclic) bond motifs is 1. The first-order valence-corrected chi connectivity index (χ1v) is 12.7. The maximum Gasteiger partial charge on any atom is 0.228 e. The van der Waals surface area contributed by atoms with E-state index in [2.05, 4.69) is 59.1 Å². The molecular weight excluding hydrogens is 366 g/mol. The molecule has 1 amide bonds. The summed E-state index contributed by atoms with van der Waals surface area (Å²) in [5, 5.41) is 3.08. The summed E-state index contributed by atoms with van der Waals surface area (Å²) in [7, 11) is -1.01. The van der Waals surface area contributed by atoms with Crippen LogP contribution < -0.4 is 5.32 Å². The van der Waals surface area contributed by atoms with E-state index < -0.39 is 14.6 Å². The molecule has 4 nitrogen and oxygen atoms in total. The number of nitrogens with one attached hydrogen (secondary N) is 1. The second-order valence-corrected chi connectivity index (χ2v) is 12.0. The van der Waals surface area contributed by atoms with Crippen molar-refractivity contribution in [3.63, 3.8) is 0 Å². The SMILES string of the molecule is Cc1cc(C)c2c(c1)C(=O)[C@@H]([C@H]1NC(=O)[C@@H]1[C@@](C)(O[Si](C)C)C(C)(C)C)CC2. The van der Waals surface area contributed by atoms with Gasteiger partial charge >= 0.3 is 0 Å². The lowest BCUT2D eigenvalue weighted by atomic mass is 9.60. The van der Waals surface area contributed by atoms with E-state index in [-0.39, 0.29) is 35.0 Å². The number of aryl methyl sites for hydroxylation is 2. The van der Waals surface area contributed by atoms with Gasteiger partial charge in [-0.25, -0.2) is 0 Å². The summed E-state index contributed by atoms with van der Waals surface area (Å²) >= 11 is 0. The third kappa shape index (κ3) is 3.37. The maximum atomic E-state index is 13.4. The van der Waals surface area contributed by atoms with E-state index in [0.29, 0.717) is 0 Å². The van der Waals surface area contributed by atoms with E-state index in [1.807, 2.05) is 13.0 Å². The molecule has 0 unspecified atom stereocenters. The minimum absolute atomic E-state index is 0.0182. The number of carbonyl (C=O) groups excluding carboxylic acids is 2. The number of Topliss-reactive ketones (excluding diaryl/α,β-unsaturated/α-hetero) is 1. The van der Waals surface area contributed by atoms with Gasteiger partial charge in [0, 0.05) is 11.5 Å². The lowest BCUT2D eigenvalue weighted by Crippen LogP contribution is -2.73. The van der Waals surface area contributed by atoms with Gasteiger partial charge in [-0.3, -0.25) is 9.59 Å². The van der Waals surface area contributed by atoms with E-state index in [1.165, 1.54) is 11.1 Å². The number of benzene rings is 1. The number of ketones is 1. The van der Waals surface area contributed by atoms with Gasteiger partial charge in [-0.15, -0.1) is 0 Å². The van der Waals surface area contributed by atoms with Crippen LogP contribution in [0.25, 0.3) is 0 Å². The molecule has 0 bridgehead atoms. The summed E-state index contributed by atoms with van der Waals surface area (Å²) in [6, 6.07) is 4.02. The average Bonchev–Trinajstić information content (AvgIpc) is 2.52. The fourth-order valence-corrected chi connectivity index (χ4v) is 6.24. The van der Waals surface area contributed by atoms with Gasteiger partial charge in [0.25, 0.3) is 0 Å². The summed E-state index contributed by atoms with van der Waals surface area (Å²) in [5.74, 6) is -0.276. The molecule has 1 heterocycles. The Morgan fingerprint density at radius 3 is 2.29 bits per heavy atom. The summed E-state index contributed by atoms with van der Waals surface area (Å²) in [5.41, 5.74) is 3.54. The van der Waals surface area contributed by atoms with Crippen LogP contribution >= 0.6 is 0 Å². The first-order valence-electron chi connectivity index (χ1n) is 10.3. The first-order chi connectivity index (χ1) is 12.9. The van der Waals surface area contributed by atoms with Crippen molar-refractivity contribution in [2.45, 2.75) is 79.1 Å². The molecule has 1 aliphatic heterocycles. The van der Waals surface area contributed by atoms with Crippen LogP contribution in [-0.2, 0) is 15.6 Å². The fourth-order valence-electron chi connectivity index (χ4n) is 4.96. The highest BCUT2D eigenvalue weighted by Crippen LogP contribution is 2.47. The van der Waals surface area contributed by atoms with Gasteiger partial charge < -0.3 is 9.74 Å². The molecule has 0 spiro atoms. The first kappa shape index (κ1) is 21.3. The Morgan fingerprint density at radius 1 is 1.11 bits per heavy atom. The van der Waals surface area contributed by atoms with Crippen LogP contribution in [0.5, 0.6) is 0 Å². The minimum Gasteiger partial charge on any atom is -0.411 e. The Hall–Kier alpha value is -1.46. The molecule has 3 rings (SSSR count). The summed E-state index contributed by atoms with van der Waals surface area (Å²) in [6.07, 6.45) is 1.67. The summed E-state index contributed by atoms with van der Waals surface area (Å²) in [4.78, 5) is 26.1. The molecule has 1 N–H and O–H groups in total. The lowest BCUT2D eigenvalue weighted by Gasteiger charge is -2.56. The van der Waals surface area contributed by atoms with Crippen LogP contribution in [0.3, 0.4) is 0 Å². The average molecular weight is 401 g/mol. The Bertz CT molecular complexity index is 811. The number of rotatable bonds is 4. The number of amides is 1. The van der Waals surface area contributed by atoms with Crippen LogP contribution in [0.2, 0.25) is 13.1 Å². The Morgan fingerprint density at radius 2 is 1.75 bits per heavy atom. The summed E-state index contributed by atoms with van der Waals surface area (Å²) < 4.78 is 6.47. The van der Waals surface area contributed by atoms with Gasteiger partial charge in [-0.1, -0.05) is 32.4 Å². The molecule has 1 aromatic rings. The molecule has 2 aliphatic rings. The third-order valence-corrected chi connectivity index (χ3v) is 7.64. The van der Waals surface area contributed by atoms with E-state index >= 15 is 0 Å². The Labute approximate surface area is 171 Å².